The maximum Gasteiger partial charge on any atom is 0.321 e. The standard InChI is InChI=1S/C14H22N4O2/c1-10(15)11-4-6-12(7-5-11)17-14(20)18(3)9-8-13(19)16-2/h4-7,10H,8-9,15H2,1-3H3,(H,16,19)(H,17,20). The van der Waals surface area contributed by atoms with Gasteiger partial charge in [0.05, 0.1) is 0 Å². The summed E-state index contributed by atoms with van der Waals surface area (Å²) in [6.07, 6.45) is 0.282. The highest BCUT2D eigenvalue weighted by Crippen LogP contribution is 2.14. The number of hydrogen-bond donors (Lipinski definition) is 3. The topological polar surface area (TPSA) is 87.5 Å². The molecule has 0 bridgehead atoms. The zero-order valence-corrected chi connectivity index (χ0v) is 12.1. The summed E-state index contributed by atoms with van der Waals surface area (Å²) in [5.74, 6) is -0.0917. The molecule has 1 aromatic rings. The Bertz CT molecular complexity index is 457. The highest BCUT2D eigenvalue weighted by molar-refractivity contribution is 5.89. The molecule has 0 aliphatic rings. The number of nitrogens with one attached hydrogen (secondary N) is 2. The molecule has 0 radical (unpaired) electrons. The zero-order valence-electron chi connectivity index (χ0n) is 12.1. The predicted molar refractivity (Wildman–Crippen MR) is 79.4 cm³/mol. The first-order valence-electron chi connectivity index (χ1n) is 6.52. The zero-order chi connectivity index (χ0) is 15.1. The molecule has 0 spiro atoms. The second-order valence-electron chi connectivity index (χ2n) is 4.69. The van der Waals surface area contributed by atoms with Crippen LogP contribution in [0.15, 0.2) is 24.3 Å². The van der Waals surface area contributed by atoms with E-state index in [9.17, 15) is 9.59 Å². The average molecular weight is 278 g/mol. The Balaban J connectivity index is 2.50. The normalized spacial score (nSPS) is 11.6. The lowest BCUT2D eigenvalue weighted by Gasteiger charge is -2.17. The lowest BCUT2D eigenvalue weighted by Crippen LogP contribution is -2.34. The highest BCUT2D eigenvalue weighted by atomic mass is 16.2. The molecule has 1 unspecified atom stereocenters. The molecule has 1 atom stereocenters. The SMILES string of the molecule is CNC(=O)CCN(C)C(=O)Nc1ccc(C(C)N)cc1. The number of nitrogens with two attached hydrogens (primary N) is 1. The molecule has 6 heteroatoms. The molecule has 0 aliphatic heterocycles. The summed E-state index contributed by atoms with van der Waals surface area (Å²) < 4.78 is 0. The van der Waals surface area contributed by atoms with Gasteiger partial charge in [0.25, 0.3) is 0 Å². The number of amides is 3. The lowest BCUT2D eigenvalue weighted by molar-refractivity contribution is -0.120. The number of benzene rings is 1. The maximum absolute atomic E-state index is 11.9. The van der Waals surface area contributed by atoms with Crippen molar-refractivity contribution in [3.05, 3.63) is 29.8 Å². The number of carbonyl (C=O) groups excluding carboxylic acids is 2. The second-order valence-corrected chi connectivity index (χ2v) is 4.69. The first-order chi connectivity index (χ1) is 9.43. The Morgan fingerprint density at radius 3 is 2.40 bits per heavy atom. The largest absolute Gasteiger partial charge is 0.359 e. The fourth-order valence-electron chi connectivity index (χ4n) is 1.58. The first kappa shape index (κ1) is 16.0. The van der Waals surface area contributed by atoms with E-state index in [2.05, 4.69) is 10.6 Å². The molecule has 1 aromatic carbocycles. The summed E-state index contributed by atoms with van der Waals surface area (Å²) in [7, 11) is 3.22. The summed E-state index contributed by atoms with van der Waals surface area (Å²) in [5, 5.41) is 5.28. The number of nitrogens with zero attached hydrogens (tertiary/aromatic N) is 1. The van der Waals surface area contributed by atoms with Gasteiger partial charge in [0.2, 0.25) is 5.91 Å². The minimum absolute atomic E-state index is 0.0324. The summed E-state index contributed by atoms with van der Waals surface area (Å²) in [6, 6.07) is 7.10. The van der Waals surface area contributed by atoms with E-state index in [-0.39, 0.29) is 24.4 Å². The number of rotatable bonds is 5. The van der Waals surface area contributed by atoms with Crippen molar-refractivity contribution in [3.63, 3.8) is 0 Å². The Kier molecular flexibility index (Phi) is 5.99. The van der Waals surface area contributed by atoms with Crippen LogP contribution >= 0.6 is 0 Å². The number of anilines is 1. The fraction of sp³-hybridized carbons (Fsp3) is 0.429. The van der Waals surface area contributed by atoms with Crippen LogP contribution in [0.5, 0.6) is 0 Å². The Labute approximate surface area is 119 Å². The number of carbonyl (C=O) groups is 2. The minimum Gasteiger partial charge on any atom is -0.359 e. The van der Waals surface area contributed by atoms with Crippen molar-refractivity contribution in [2.24, 2.45) is 5.73 Å². The summed E-state index contributed by atoms with van der Waals surface area (Å²) in [4.78, 5) is 24.5. The molecule has 3 amide bonds. The van der Waals surface area contributed by atoms with E-state index < -0.39 is 0 Å². The van der Waals surface area contributed by atoms with Crippen LogP contribution in [0.25, 0.3) is 0 Å². The van der Waals surface area contributed by atoms with E-state index in [1.54, 1.807) is 14.1 Å². The van der Waals surface area contributed by atoms with Gasteiger partial charge in [-0.25, -0.2) is 4.79 Å². The van der Waals surface area contributed by atoms with Gasteiger partial charge in [-0.1, -0.05) is 12.1 Å². The third-order valence-corrected chi connectivity index (χ3v) is 2.99. The van der Waals surface area contributed by atoms with E-state index in [4.69, 9.17) is 5.73 Å². The van der Waals surface area contributed by atoms with Crippen molar-refractivity contribution >= 4 is 17.6 Å². The van der Waals surface area contributed by atoms with Gasteiger partial charge in [0.1, 0.15) is 0 Å². The Morgan fingerprint density at radius 1 is 1.30 bits per heavy atom. The summed E-state index contributed by atoms with van der Waals surface area (Å²) in [5.41, 5.74) is 7.47. The van der Waals surface area contributed by atoms with Gasteiger partial charge >= 0.3 is 6.03 Å². The summed E-state index contributed by atoms with van der Waals surface area (Å²) >= 11 is 0. The minimum atomic E-state index is -0.248. The van der Waals surface area contributed by atoms with E-state index in [0.29, 0.717) is 12.2 Å². The van der Waals surface area contributed by atoms with Crippen molar-refractivity contribution < 1.29 is 9.59 Å². The van der Waals surface area contributed by atoms with Crippen molar-refractivity contribution in [2.45, 2.75) is 19.4 Å². The van der Waals surface area contributed by atoms with Crippen LogP contribution in [-0.2, 0) is 4.79 Å². The predicted octanol–water partition coefficient (Wildman–Crippen LogP) is 1.31. The first-order valence-corrected chi connectivity index (χ1v) is 6.52. The van der Waals surface area contributed by atoms with Crippen LogP contribution in [0.1, 0.15) is 24.9 Å². The van der Waals surface area contributed by atoms with Gasteiger partial charge in [-0.15, -0.1) is 0 Å². The van der Waals surface area contributed by atoms with E-state index in [0.717, 1.165) is 5.56 Å². The molecule has 0 aliphatic carbocycles. The average Bonchev–Trinajstić information content (AvgIpc) is 2.44. The van der Waals surface area contributed by atoms with Gasteiger partial charge in [-0.05, 0) is 24.6 Å². The molecule has 110 valence electrons. The Morgan fingerprint density at radius 2 is 1.90 bits per heavy atom. The molecule has 0 fully saturated rings. The second kappa shape index (κ2) is 7.49. The van der Waals surface area contributed by atoms with Crippen molar-refractivity contribution in [1.82, 2.24) is 10.2 Å². The van der Waals surface area contributed by atoms with Crippen LogP contribution < -0.4 is 16.4 Å². The third-order valence-electron chi connectivity index (χ3n) is 2.99. The van der Waals surface area contributed by atoms with Crippen LogP contribution in [-0.4, -0.2) is 37.5 Å². The smallest absolute Gasteiger partial charge is 0.321 e. The number of urea groups is 1. The lowest BCUT2D eigenvalue weighted by atomic mass is 10.1. The molecule has 20 heavy (non-hydrogen) atoms. The fourth-order valence-corrected chi connectivity index (χ4v) is 1.58. The van der Waals surface area contributed by atoms with Crippen LogP contribution in [0, 0.1) is 0 Å². The molecular formula is C14H22N4O2. The van der Waals surface area contributed by atoms with Crippen LogP contribution in [0.2, 0.25) is 0 Å². The van der Waals surface area contributed by atoms with E-state index >= 15 is 0 Å². The monoisotopic (exact) mass is 278 g/mol. The third kappa shape index (κ3) is 4.89. The van der Waals surface area contributed by atoms with Crippen molar-refractivity contribution in [1.29, 1.82) is 0 Å². The molecule has 0 saturated carbocycles. The number of hydrogen-bond acceptors (Lipinski definition) is 3. The molecule has 0 saturated heterocycles. The molecule has 4 N–H and O–H groups in total. The van der Waals surface area contributed by atoms with E-state index in [1.165, 1.54) is 4.90 Å². The highest BCUT2D eigenvalue weighted by Gasteiger charge is 2.10. The maximum atomic E-state index is 11.9. The molecular weight excluding hydrogens is 256 g/mol. The van der Waals surface area contributed by atoms with E-state index in [1.807, 2.05) is 31.2 Å². The van der Waals surface area contributed by atoms with Gasteiger partial charge in [-0.3, -0.25) is 4.79 Å². The quantitative estimate of drug-likeness (QED) is 0.758. The van der Waals surface area contributed by atoms with Gasteiger partial charge in [0, 0.05) is 38.8 Å². The molecule has 0 aromatic heterocycles. The van der Waals surface area contributed by atoms with Crippen LogP contribution in [0.4, 0.5) is 10.5 Å². The van der Waals surface area contributed by atoms with Crippen molar-refractivity contribution in [2.75, 3.05) is 26.0 Å². The van der Waals surface area contributed by atoms with Crippen molar-refractivity contribution in [3.8, 4) is 0 Å². The molecule has 0 heterocycles. The van der Waals surface area contributed by atoms with Crippen LogP contribution in [0.3, 0.4) is 0 Å². The Hall–Kier alpha value is -2.08. The van der Waals surface area contributed by atoms with Gasteiger partial charge < -0.3 is 21.3 Å². The van der Waals surface area contributed by atoms with Gasteiger partial charge in [0.15, 0.2) is 0 Å². The summed E-state index contributed by atoms with van der Waals surface area (Å²) in [6.45, 7) is 2.27. The van der Waals surface area contributed by atoms with Gasteiger partial charge in [-0.2, -0.15) is 0 Å². The molecule has 1 rings (SSSR count). The molecule has 6 nitrogen and oxygen atoms in total.